The van der Waals surface area contributed by atoms with Crippen LogP contribution in [0.15, 0.2) is 16.8 Å². The zero-order valence-corrected chi connectivity index (χ0v) is 12.2. The summed E-state index contributed by atoms with van der Waals surface area (Å²) in [6.45, 7) is 0. The first-order valence-electron chi connectivity index (χ1n) is 6.81. The van der Waals surface area contributed by atoms with Gasteiger partial charge in [0.1, 0.15) is 5.75 Å². The minimum Gasteiger partial charge on any atom is -0.495 e. The summed E-state index contributed by atoms with van der Waals surface area (Å²) >= 11 is 6.56. The molecule has 1 aliphatic rings. The molecule has 20 heavy (non-hydrogen) atoms. The Morgan fingerprint density at radius 1 is 1.25 bits per heavy atom. The summed E-state index contributed by atoms with van der Waals surface area (Å²) in [5.41, 5.74) is 9.91. The molecule has 0 saturated heterocycles. The van der Waals surface area contributed by atoms with Gasteiger partial charge in [0.05, 0.1) is 23.9 Å². The molecule has 0 saturated carbocycles. The Labute approximate surface area is 122 Å². The molecule has 0 unspecified atom stereocenters. The molecular formula is C15H17ClN2O2. The van der Waals surface area contributed by atoms with Gasteiger partial charge in [-0.3, -0.25) is 0 Å². The van der Waals surface area contributed by atoms with E-state index in [2.05, 4.69) is 11.2 Å². The van der Waals surface area contributed by atoms with Crippen molar-refractivity contribution in [3.63, 3.8) is 0 Å². The van der Waals surface area contributed by atoms with Crippen molar-refractivity contribution in [2.75, 3.05) is 12.8 Å². The molecule has 1 heterocycles. The summed E-state index contributed by atoms with van der Waals surface area (Å²) < 4.78 is 10.5. The van der Waals surface area contributed by atoms with Gasteiger partial charge in [0.2, 0.25) is 5.88 Å². The van der Waals surface area contributed by atoms with E-state index in [0.29, 0.717) is 10.8 Å². The van der Waals surface area contributed by atoms with E-state index < -0.39 is 0 Å². The number of nitrogen functional groups attached to an aromatic ring is 1. The number of methoxy groups -OCH3 is 1. The smallest absolute Gasteiger partial charge is 0.230 e. The zero-order valence-electron chi connectivity index (χ0n) is 11.4. The minimum absolute atomic E-state index is 0.285. The Kier molecular flexibility index (Phi) is 3.57. The van der Waals surface area contributed by atoms with Gasteiger partial charge in [0, 0.05) is 5.56 Å². The largest absolute Gasteiger partial charge is 0.495 e. The van der Waals surface area contributed by atoms with Gasteiger partial charge in [-0.15, -0.1) is 0 Å². The molecule has 5 heteroatoms. The highest BCUT2D eigenvalue weighted by molar-refractivity contribution is 6.33. The third-order valence-corrected chi connectivity index (χ3v) is 4.28. The summed E-state index contributed by atoms with van der Waals surface area (Å²) in [6.07, 6.45) is 7.24. The van der Waals surface area contributed by atoms with Crippen molar-refractivity contribution in [2.24, 2.45) is 0 Å². The van der Waals surface area contributed by atoms with Crippen LogP contribution in [0.4, 0.5) is 5.88 Å². The highest BCUT2D eigenvalue weighted by Gasteiger charge is 2.22. The Morgan fingerprint density at radius 2 is 2.05 bits per heavy atom. The minimum atomic E-state index is 0.285. The van der Waals surface area contributed by atoms with Crippen LogP contribution in [0.1, 0.15) is 30.4 Å². The second-order valence-electron chi connectivity index (χ2n) is 5.07. The fourth-order valence-electron chi connectivity index (χ4n) is 2.86. The standard InChI is InChI=1S/C15H17ClN2O2/c1-19-14-11(12-8-18-20-15(12)17)7-9-5-3-2-4-6-10(9)13(14)16/h7-8H,2-6,17H2,1H3. The third kappa shape index (κ3) is 2.14. The number of rotatable bonds is 2. The molecule has 3 rings (SSSR count). The molecule has 1 aromatic carbocycles. The van der Waals surface area contributed by atoms with Gasteiger partial charge >= 0.3 is 0 Å². The number of ether oxygens (including phenoxy) is 1. The van der Waals surface area contributed by atoms with E-state index in [1.807, 2.05) is 0 Å². The van der Waals surface area contributed by atoms with Crippen LogP contribution in [-0.4, -0.2) is 12.3 Å². The topological polar surface area (TPSA) is 61.3 Å². The molecule has 1 aliphatic carbocycles. The van der Waals surface area contributed by atoms with Gasteiger partial charge in [-0.05, 0) is 42.9 Å². The lowest BCUT2D eigenvalue weighted by Crippen LogP contribution is -1.99. The van der Waals surface area contributed by atoms with Crippen LogP contribution in [-0.2, 0) is 12.8 Å². The Morgan fingerprint density at radius 3 is 2.75 bits per heavy atom. The van der Waals surface area contributed by atoms with Crippen molar-refractivity contribution in [2.45, 2.75) is 32.1 Å². The predicted molar refractivity (Wildman–Crippen MR) is 79.2 cm³/mol. The number of nitrogens with two attached hydrogens (primary N) is 1. The van der Waals surface area contributed by atoms with Crippen molar-refractivity contribution in [1.29, 1.82) is 0 Å². The molecule has 106 valence electrons. The van der Waals surface area contributed by atoms with Gasteiger partial charge in [-0.1, -0.05) is 23.2 Å². The number of hydrogen-bond donors (Lipinski definition) is 1. The fraction of sp³-hybridized carbons (Fsp3) is 0.400. The quantitative estimate of drug-likeness (QED) is 0.854. The van der Waals surface area contributed by atoms with Crippen molar-refractivity contribution >= 4 is 17.5 Å². The van der Waals surface area contributed by atoms with Gasteiger partial charge in [-0.2, -0.15) is 0 Å². The van der Waals surface area contributed by atoms with E-state index in [1.54, 1.807) is 13.3 Å². The van der Waals surface area contributed by atoms with Gasteiger partial charge in [0.25, 0.3) is 0 Å². The normalized spacial score (nSPS) is 14.7. The highest BCUT2D eigenvalue weighted by Crippen LogP contribution is 2.43. The number of aromatic nitrogens is 1. The average molecular weight is 293 g/mol. The molecule has 0 atom stereocenters. The maximum Gasteiger partial charge on any atom is 0.230 e. The van der Waals surface area contributed by atoms with Crippen LogP contribution in [0.2, 0.25) is 5.02 Å². The number of nitrogens with zero attached hydrogens (tertiary/aromatic N) is 1. The summed E-state index contributed by atoms with van der Waals surface area (Å²) in [5.74, 6) is 0.940. The molecular weight excluding hydrogens is 276 g/mol. The fourth-order valence-corrected chi connectivity index (χ4v) is 3.26. The van der Waals surface area contributed by atoms with Gasteiger partial charge in [-0.25, -0.2) is 0 Å². The van der Waals surface area contributed by atoms with Crippen LogP contribution >= 0.6 is 11.6 Å². The van der Waals surface area contributed by atoms with E-state index in [-0.39, 0.29) is 5.88 Å². The van der Waals surface area contributed by atoms with Crippen molar-refractivity contribution < 1.29 is 9.26 Å². The third-order valence-electron chi connectivity index (χ3n) is 3.88. The maximum atomic E-state index is 6.56. The number of fused-ring (bicyclic) bond motifs is 1. The van der Waals surface area contributed by atoms with E-state index in [4.69, 9.17) is 26.6 Å². The molecule has 0 amide bonds. The first-order chi connectivity index (χ1) is 9.72. The Bertz CT molecular complexity index is 637. The summed E-state index contributed by atoms with van der Waals surface area (Å²) in [4.78, 5) is 0. The molecule has 2 N–H and O–H groups in total. The summed E-state index contributed by atoms with van der Waals surface area (Å²) in [7, 11) is 1.62. The molecule has 1 aromatic heterocycles. The maximum absolute atomic E-state index is 6.56. The van der Waals surface area contributed by atoms with E-state index >= 15 is 0 Å². The number of hydrogen-bond acceptors (Lipinski definition) is 4. The second-order valence-corrected chi connectivity index (χ2v) is 5.45. The van der Waals surface area contributed by atoms with Crippen LogP contribution < -0.4 is 10.5 Å². The van der Waals surface area contributed by atoms with E-state index in [0.717, 1.165) is 24.0 Å². The SMILES string of the molecule is COc1c(-c2cnoc2N)cc2c(c1Cl)CCCCC2. The highest BCUT2D eigenvalue weighted by atomic mass is 35.5. The van der Waals surface area contributed by atoms with Crippen LogP contribution in [0.5, 0.6) is 5.75 Å². The van der Waals surface area contributed by atoms with Crippen LogP contribution in [0.3, 0.4) is 0 Å². The summed E-state index contributed by atoms with van der Waals surface area (Å²) in [5, 5.41) is 4.43. The van der Waals surface area contributed by atoms with Crippen LogP contribution in [0, 0.1) is 0 Å². The molecule has 2 aromatic rings. The number of halogens is 1. The lowest BCUT2D eigenvalue weighted by atomic mass is 9.96. The van der Waals surface area contributed by atoms with Crippen molar-refractivity contribution in [3.05, 3.63) is 28.4 Å². The lowest BCUT2D eigenvalue weighted by molar-refractivity contribution is 0.416. The zero-order chi connectivity index (χ0) is 14.1. The van der Waals surface area contributed by atoms with E-state index in [1.165, 1.54) is 30.4 Å². The molecule has 0 aliphatic heterocycles. The lowest BCUT2D eigenvalue weighted by Gasteiger charge is -2.16. The molecule has 0 fully saturated rings. The number of anilines is 1. The second kappa shape index (κ2) is 5.37. The van der Waals surface area contributed by atoms with Crippen molar-refractivity contribution in [3.8, 4) is 16.9 Å². The average Bonchev–Trinajstić information content (AvgIpc) is 2.73. The number of benzene rings is 1. The number of aryl methyl sites for hydroxylation is 1. The Balaban J connectivity index is 2.22. The van der Waals surface area contributed by atoms with Gasteiger partial charge < -0.3 is 15.0 Å². The first-order valence-corrected chi connectivity index (χ1v) is 7.19. The van der Waals surface area contributed by atoms with Gasteiger partial charge in [0.15, 0.2) is 0 Å². The summed E-state index contributed by atoms with van der Waals surface area (Å²) in [6, 6.07) is 2.12. The molecule has 0 radical (unpaired) electrons. The monoisotopic (exact) mass is 292 g/mol. The molecule has 0 bridgehead atoms. The van der Waals surface area contributed by atoms with Crippen LogP contribution in [0.25, 0.3) is 11.1 Å². The first kappa shape index (κ1) is 13.3. The molecule has 4 nitrogen and oxygen atoms in total. The van der Waals surface area contributed by atoms with Crippen molar-refractivity contribution in [1.82, 2.24) is 5.16 Å². The molecule has 0 spiro atoms. The predicted octanol–water partition coefficient (Wildman–Crippen LogP) is 3.85. The van der Waals surface area contributed by atoms with E-state index in [9.17, 15) is 0 Å². The Hall–Kier alpha value is -1.68.